The molecule has 10 heteroatoms. The van der Waals surface area contributed by atoms with Crippen LogP contribution in [0.4, 0.5) is 4.39 Å². The van der Waals surface area contributed by atoms with Crippen LogP contribution in [0, 0.1) is 17.2 Å². The largest absolute Gasteiger partial charge is 0.381 e. The summed E-state index contributed by atoms with van der Waals surface area (Å²) in [4.78, 5) is 44.9. The van der Waals surface area contributed by atoms with Crippen molar-refractivity contribution in [2.75, 3.05) is 52.5 Å². The van der Waals surface area contributed by atoms with E-state index < -0.39 is 6.04 Å². The Morgan fingerprint density at radius 2 is 1.72 bits per heavy atom. The molecule has 0 bridgehead atoms. The van der Waals surface area contributed by atoms with Crippen LogP contribution in [-0.4, -0.2) is 97.0 Å². The Balaban J connectivity index is 1.45. The summed E-state index contributed by atoms with van der Waals surface area (Å²) >= 11 is 3.35. The molecule has 216 valence electrons. The van der Waals surface area contributed by atoms with Crippen LogP contribution in [0.1, 0.15) is 58.4 Å². The maximum Gasteiger partial charge on any atom is 0.245 e. The Morgan fingerprint density at radius 3 is 2.31 bits per heavy atom. The Hall–Kier alpha value is -2.04. The summed E-state index contributed by atoms with van der Waals surface area (Å²) in [5.74, 6) is -1.18. The highest BCUT2D eigenvalue weighted by atomic mass is 79.9. The van der Waals surface area contributed by atoms with Crippen molar-refractivity contribution in [3.63, 3.8) is 0 Å². The van der Waals surface area contributed by atoms with Gasteiger partial charge in [0.2, 0.25) is 17.7 Å². The minimum absolute atomic E-state index is 0.0251. The van der Waals surface area contributed by atoms with Crippen molar-refractivity contribution in [2.24, 2.45) is 11.3 Å². The van der Waals surface area contributed by atoms with Crippen molar-refractivity contribution in [2.45, 2.75) is 65.0 Å². The molecule has 0 radical (unpaired) electrons. The van der Waals surface area contributed by atoms with Gasteiger partial charge in [-0.2, -0.15) is 0 Å². The van der Waals surface area contributed by atoms with Crippen molar-refractivity contribution in [3.8, 4) is 0 Å². The number of rotatable bonds is 6. The molecule has 1 aromatic carbocycles. The van der Waals surface area contributed by atoms with E-state index in [0.29, 0.717) is 75.0 Å². The first-order valence-corrected chi connectivity index (χ1v) is 14.8. The second-order valence-corrected chi connectivity index (χ2v) is 13.3. The quantitative estimate of drug-likeness (QED) is 0.535. The van der Waals surface area contributed by atoms with Crippen LogP contribution in [0.5, 0.6) is 0 Å². The summed E-state index contributed by atoms with van der Waals surface area (Å²) in [6.07, 6.45) is 2.37. The van der Waals surface area contributed by atoms with Crippen molar-refractivity contribution >= 4 is 33.7 Å². The lowest BCUT2D eigenvalue weighted by molar-refractivity contribution is -0.144. The van der Waals surface area contributed by atoms with E-state index in [1.165, 1.54) is 13.0 Å². The molecule has 3 aliphatic rings. The van der Waals surface area contributed by atoms with Crippen LogP contribution >= 0.6 is 15.9 Å². The van der Waals surface area contributed by atoms with Gasteiger partial charge < -0.3 is 19.9 Å². The van der Waals surface area contributed by atoms with Crippen LogP contribution in [0.25, 0.3) is 0 Å². The van der Waals surface area contributed by atoms with Gasteiger partial charge in [-0.15, -0.1) is 0 Å². The first-order chi connectivity index (χ1) is 18.4. The highest BCUT2D eigenvalue weighted by molar-refractivity contribution is 9.10. The molecular weight excluding hydrogens is 567 g/mol. The summed E-state index contributed by atoms with van der Waals surface area (Å²) < 4.78 is 21.3. The Labute approximate surface area is 239 Å². The number of nitrogens with zero attached hydrogens (tertiary/aromatic N) is 3. The second-order valence-electron chi connectivity index (χ2n) is 12.3. The Kier molecular flexibility index (Phi) is 9.70. The number of halogens is 2. The molecule has 39 heavy (non-hydrogen) atoms. The first kappa shape index (κ1) is 29.9. The smallest absolute Gasteiger partial charge is 0.245 e. The van der Waals surface area contributed by atoms with Gasteiger partial charge in [0.05, 0.1) is 5.92 Å². The summed E-state index contributed by atoms with van der Waals surface area (Å²) in [5, 5.41) is 2.82. The molecule has 3 saturated heterocycles. The first-order valence-electron chi connectivity index (χ1n) is 14.0. The third-order valence-electron chi connectivity index (χ3n) is 8.13. The average molecular weight is 610 g/mol. The second kappa shape index (κ2) is 12.6. The Morgan fingerprint density at radius 1 is 1.08 bits per heavy atom. The molecule has 0 aromatic heterocycles. The fourth-order valence-electron chi connectivity index (χ4n) is 6.21. The fraction of sp³-hybridized carbons (Fsp3) is 0.690. The molecule has 3 heterocycles. The van der Waals surface area contributed by atoms with E-state index in [4.69, 9.17) is 4.74 Å². The normalized spacial score (nSPS) is 24.1. The minimum Gasteiger partial charge on any atom is -0.381 e. The van der Waals surface area contributed by atoms with Crippen LogP contribution in [-0.2, 0) is 19.1 Å². The third-order valence-corrected chi connectivity index (χ3v) is 8.62. The van der Waals surface area contributed by atoms with Gasteiger partial charge in [-0.25, -0.2) is 4.39 Å². The van der Waals surface area contributed by atoms with E-state index in [1.807, 2.05) is 31.7 Å². The van der Waals surface area contributed by atoms with Crippen LogP contribution < -0.4 is 5.32 Å². The lowest BCUT2D eigenvalue weighted by atomic mass is 9.87. The fourth-order valence-corrected chi connectivity index (χ4v) is 6.54. The van der Waals surface area contributed by atoms with Crippen LogP contribution in [0.15, 0.2) is 22.7 Å². The number of nitrogens with one attached hydrogen (secondary N) is 1. The van der Waals surface area contributed by atoms with Gasteiger partial charge >= 0.3 is 0 Å². The average Bonchev–Trinajstić information content (AvgIpc) is 3.32. The maximum absolute atomic E-state index is 15.1. The van der Waals surface area contributed by atoms with Gasteiger partial charge in [-0.3, -0.25) is 19.3 Å². The number of hydrogen-bond acceptors (Lipinski definition) is 5. The van der Waals surface area contributed by atoms with Gasteiger partial charge in [0.25, 0.3) is 0 Å². The lowest BCUT2D eigenvalue weighted by Crippen LogP contribution is -2.57. The molecule has 3 atom stereocenters. The van der Waals surface area contributed by atoms with E-state index in [9.17, 15) is 14.4 Å². The van der Waals surface area contributed by atoms with E-state index in [1.54, 1.807) is 11.0 Å². The monoisotopic (exact) mass is 608 g/mol. The molecule has 8 nitrogen and oxygen atoms in total. The SMILES string of the molecule is CC(=O)N[C@@H](CC(C)(C)C)C(=O)N1CCN(C(=O)C2CN(C3CCOCC3)CC2c2ccc(Br)cc2F)CC1. The molecule has 4 rings (SSSR count). The standard InChI is InChI=1S/C29H42BrFN4O4/c1-19(36)32-26(16-29(2,3)4)28(38)34-11-9-33(10-12-34)27(37)24-18-35(21-7-13-39-14-8-21)17-23(24)22-6-5-20(30)15-25(22)31/h5-6,15,21,23-24,26H,7-14,16-18H2,1-4H3,(H,32,36)/t23?,24?,26-/m0/s1. The molecule has 0 spiro atoms. The zero-order chi connectivity index (χ0) is 28.3. The van der Waals surface area contributed by atoms with Gasteiger partial charge in [0.15, 0.2) is 0 Å². The molecule has 1 N–H and O–H groups in total. The van der Waals surface area contributed by atoms with Crippen molar-refractivity contribution in [1.82, 2.24) is 20.0 Å². The van der Waals surface area contributed by atoms with E-state index >= 15 is 4.39 Å². The van der Waals surface area contributed by atoms with Crippen LogP contribution in [0.3, 0.4) is 0 Å². The highest BCUT2D eigenvalue weighted by Crippen LogP contribution is 2.38. The van der Waals surface area contributed by atoms with Crippen molar-refractivity contribution in [1.29, 1.82) is 0 Å². The summed E-state index contributed by atoms with van der Waals surface area (Å²) in [6.45, 7) is 11.9. The molecule has 0 saturated carbocycles. The van der Waals surface area contributed by atoms with E-state index in [2.05, 4.69) is 26.1 Å². The number of hydrogen-bond donors (Lipinski definition) is 1. The minimum atomic E-state index is -0.586. The van der Waals surface area contributed by atoms with Gasteiger partial charge in [-0.05, 0) is 42.4 Å². The summed E-state index contributed by atoms with van der Waals surface area (Å²) in [6, 6.07) is 4.86. The summed E-state index contributed by atoms with van der Waals surface area (Å²) in [5.41, 5.74) is 0.455. The van der Waals surface area contributed by atoms with Gasteiger partial charge in [0.1, 0.15) is 11.9 Å². The summed E-state index contributed by atoms with van der Waals surface area (Å²) in [7, 11) is 0. The predicted octanol–water partition coefficient (Wildman–Crippen LogP) is 3.39. The number of amides is 3. The third kappa shape index (κ3) is 7.58. The number of carbonyl (C=O) groups is 3. The number of carbonyl (C=O) groups excluding carboxylic acids is 3. The molecule has 3 amide bonds. The molecule has 3 fully saturated rings. The molecule has 2 unspecified atom stereocenters. The van der Waals surface area contributed by atoms with Crippen LogP contribution in [0.2, 0.25) is 0 Å². The predicted molar refractivity (Wildman–Crippen MR) is 151 cm³/mol. The molecule has 1 aromatic rings. The number of piperazine rings is 1. The zero-order valence-corrected chi connectivity index (χ0v) is 25.1. The zero-order valence-electron chi connectivity index (χ0n) is 23.6. The molecular formula is C29H42BrFN4O4. The number of likely N-dealkylation sites (tertiary alicyclic amines) is 1. The van der Waals surface area contributed by atoms with Gasteiger partial charge in [0, 0.05) is 75.8 Å². The van der Waals surface area contributed by atoms with Crippen molar-refractivity contribution < 1.29 is 23.5 Å². The maximum atomic E-state index is 15.1. The number of ether oxygens (including phenoxy) is 1. The molecule has 3 aliphatic heterocycles. The topological polar surface area (TPSA) is 82.2 Å². The Bertz CT molecular complexity index is 1050. The van der Waals surface area contributed by atoms with Crippen molar-refractivity contribution in [3.05, 3.63) is 34.1 Å². The number of benzene rings is 1. The van der Waals surface area contributed by atoms with E-state index in [-0.39, 0.29) is 40.8 Å². The van der Waals surface area contributed by atoms with Gasteiger partial charge in [-0.1, -0.05) is 42.8 Å². The lowest BCUT2D eigenvalue weighted by Gasteiger charge is -2.39. The highest BCUT2D eigenvalue weighted by Gasteiger charge is 2.44. The van der Waals surface area contributed by atoms with E-state index in [0.717, 1.165) is 12.8 Å². The molecule has 0 aliphatic carbocycles.